The van der Waals surface area contributed by atoms with Crippen LogP contribution >= 0.6 is 0 Å². The number of amidine groups is 1. The van der Waals surface area contributed by atoms with Crippen LogP contribution in [-0.2, 0) is 20.8 Å². The van der Waals surface area contributed by atoms with Crippen LogP contribution in [0.1, 0.15) is 24.0 Å². The zero-order chi connectivity index (χ0) is 21.0. The van der Waals surface area contributed by atoms with Crippen molar-refractivity contribution < 1.29 is 19.5 Å². The van der Waals surface area contributed by atoms with Crippen LogP contribution in [0.4, 0.5) is 11.4 Å². The summed E-state index contributed by atoms with van der Waals surface area (Å²) in [5, 5.41) is 21.7. The summed E-state index contributed by atoms with van der Waals surface area (Å²) in [5.74, 6) is -2.39. The molecule has 1 aromatic heterocycles. The number of hydrogen-bond donors (Lipinski definition) is 5. The number of aryl methyl sites for hydroxylation is 1. The second-order valence-corrected chi connectivity index (χ2v) is 6.84. The van der Waals surface area contributed by atoms with Crippen molar-refractivity contribution in [2.24, 2.45) is 17.6 Å². The summed E-state index contributed by atoms with van der Waals surface area (Å²) in [6, 6.07) is 8.24. The van der Waals surface area contributed by atoms with E-state index in [-0.39, 0.29) is 30.5 Å². The number of carboxylic acids is 1. The number of nitrogen functional groups attached to an aromatic ring is 1. The Morgan fingerprint density at radius 1 is 1.10 bits per heavy atom. The van der Waals surface area contributed by atoms with Gasteiger partial charge in [0.05, 0.1) is 23.7 Å². The fourth-order valence-electron chi connectivity index (χ4n) is 2.96. The zero-order valence-electron chi connectivity index (χ0n) is 15.5. The van der Waals surface area contributed by atoms with Gasteiger partial charge in [0.15, 0.2) is 0 Å². The van der Waals surface area contributed by atoms with Crippen LogP contribution in [0.15, 0.2) is 42.7 Å². The van der Waals surface area contributed by atoms with Crippen molar-refractivity contribution in [1.29, 1.82) is 5.41 Å². The van der Waals surface area contributed by atoms with Gasteiger partial charge in [0.25, 0.3) is 0 Å². The predicted molar refractivity (Wildman–Crippen MR) is 107 cm³/mol. The Hall–Kier alpha value is -3.75. The third kappa shape index (κ3) is 5.16. The molecule has 0 aliphatic heterocycles. The topological polar surface area (TPSA) is 158 Å². The van der Waals surface area contributed by atoms with E-state index in [0.29, 0.717) is 28.9 Å². The second kappa shape index (κ2) is 8.51. The number of aliphatic carboxylic acids is 1. The molecule has 150 valence electrons. The van der Waals surface area contributed by atoms with Gasteiger partial charge in [-0.15, -0.1) is 0 Å². The monoisotopic (exact) mass is 395 g/mol. The Balaban J connectivity index is 1.56. The number of nitrogens with two attached hydrogens (primary N) is 1. The van der Waals surface area contributed by atoms with Crippen molar-refractivity contribution >= 4 is 35.0 Å². The maximum Gasteiger partial charge on any atom is 0.303 e. The molecule has 2 amide bonds. The largest absolute Gasteiger partial charge is 0.481 e. The third-order valence-electron chi connectivity index (χ3n) is 4.70. The maximum absolute atomic E-state index is 12.5. The van der Waals surface area contributed by atoms with Crippen molar-refractivity contribution in [1.82, 2.24) is 4.98 Å². The molecule has 1 aliphatic carbocycles. The van der Waals surface area contributed by atoms with E-state index in [1.807, 2.05) is 0 Å². The van der Waals surface area contributed by atoms with Gasteiger partial charge in [-0.1, -0.05) is 0 Å². The number of anilines is 2. The van der Waals surface area contributed by atoms with Gasteiger partial charge in [0, 0.05) is 23.9 Å². The summed E-state index contributed by atoms with van der Waals surface area (Å²) >= 11 is 0. The lowest BCUT2D eigenvalue weighted by molar-refractivity contribution is -0.137. The molecule has 3 rings (SSSR count). The number of carboxylic acid groups (broad SMARTS) is 1. The van der Waals surface area contributed by atoms with Gasteiger partial charge in [-0.05, 0) is 48.7 Å². The number of rotatable bonds is 8. The number of hydrogen-bond acceptors (Lipinski definition) is 5. The highest BCUT2D eigenvalue weighted by molar-refractivity contribution is 6.03. The highest BCUT2D eigenvalue weighted by atomic mass is 16.4. The summed E-state index contributed by atoms with van der Waals surface area (Å²) in [6.45, 7) is 0. The van der Waals surface area contributed by atoms with Crippen molar-refractivity contribution in [2.45, 2.75) is 19.3 Å². The van der Waals surface area contributed by atoms with Gasteiger partial charge < -0.3 is 21.5 Å². The maximum atomic E-state index is 12.5. The molecule has 2 unspecified atom stereocenters. The molecule has 29 heavy (non-hydrogen) atoms. The highest BCUT2D eigenvalue weighted by Crippen LogP contribution is 2.40. The molecule has 0 spiro atoms. The average Bonchev–Trinajstić information content (AvgIpc) is 3.49. The number of aromatic nitrogens is 1. The van der Waals surface area contributed by atoms with Crippen molar-refractivity contribution in [3.05, 3.63) is 53.9 Å². The number of carbonyl (C=O) groups is 3. The minimum Gasteiger partial charge on any atom is -0.481 e. The molecule has 1 heterocycles. The first-order valence-corrected chi connectivity index (χ1v) is 9.06. The summed E-state index contributed by atoms with van der Waals surface area (Å²) in [5.41, 5.74) is 7.67. The minimum absolute atomic E-state index is 0.0518. The summed E-state index contributed by atoms with van der Waals surface area (Å²) in [6.07, 6.45) is 3.68. The number of nitrogens with zero attached hydrogens (tertiary/aromatic N) is 1. The molecule has 1 aromatic carbocycles. The highest BCUT2D eigenvalue weighted by Gasteiger charge is 2.48. The van der Waals surface area contributed by atoms with Crippen LogP contribution in [0.25, 0.3) is 0 Å². The van der Waals surface area contributed by atoms with Crippen molar-refractivity contribution in [3.8, 4) is 0 Å². The predicted octanol–water partition coefficient (Wildman–Crippen LogP) is 1.60. The molecule has 1 saturated carbocycles. The molecule has 1 aliphatic rings. The fourth-order valence-corrected chi connectivity index (χ4v) is 2.96. The van der Waals surface area contributed by atoms with Crippen LogP contribution in [0.5, 0.6) is 0 Å². The third-order valence-corrected chi connectivity index (χ3v) is 4.70. The molecule has 0 saturated heterocycles. The first-order chi connectivity index (χ1) is 13.8. The second-order valence-electron chi connectivity index (χ2n) is 6.84. The molecule has 9 heteroatoms. The molecule has 0 bridgehead atoms. The van der Waals surface area contributed by atoms with E-state index in [2.05, 4.69) is 15.6 Å². The van der Waals surface area contributed by atoms with Gasteiger partial charge in [-0.25, -0.2) is 0 Å². The van der Waals surface area contributed by atoms with Crippen molar-refractivity contribution in [2.75, 3.05) is 10.6 Å². The lowest BCUT2D eigenvalue weighted by Gasteiger charge is -2.10. The van der Waals surface area contributed by atoms with Gasteiger partial charge >= 0.3 is 5.97 Å². The minimum atomic E-state index is -0.922. The SMILES string of the molecule is N=C(N)c1ccc(NC(=O)C2CC2C(=O)Nc2cnccc2CCC(=O)O)cc1. The van der Waals surface area contributed by atoms with Crippen LogP contribution in [0.3, 0.4) is 0 Å². The molecule has 1 fully saturated rings. The standard InChI is InChI=1S/C20H21N5O4/c21-18(22)12-1-4-13(5-2-12)24-19(28)14-9-15(14)20(29)25-16-10-23-8-7-11(16)3-6-17(26)27/h1-2,4-5,7-8,10,14-15H,3,6,9H2,(H3,21,22)(H,24,28)(H,25,29)(H,26,27). The van der Waals surface area contributed by atoms with E-state index in [9.17, 15) is 14.4 Å². The van der Waals surface area contributed by atoms with E-state index in [0.717, 1.165) is 0 Å². The van der Waals surface area contributed by atoms with Gasteiger partial charge in [0.1, 0.15) is 5.84 Å². The average molecular weight is 395 g/mol. The van der Waals surface area contributed by atoms with Gasteiger partial charge in [-0.3, -0.25) is 24.8 Å². The Labute approximate surface area is 166 Å². The Bertz CT molecular complexity index is 958. The lowest BCUT2D eigenvalue weighted by atomic mass is 10.1. The van der Waals surface area contributed by atoms with E-state index in [4.69, 9.17) is 16.2 Å². The Morgan fingerprint density at radius 3 is 2.38 bits per heavy atom. The first-order valence-electron chi connectivity index (χ1n) is 9.06. The molecule has 2 atom stereocenters. The quantitative estimate of drug-likeness (QED) is 0.337. The molecular formula is C20H21N5O4. The van der Waals surface area contributed by atoms with E-state index < -0.39 is 17.8 Å². The normalized spacial score (nSPS) is 17.2. The smallest absolute Gasteiger partial charge is 0.303 e. The number of benzene rings is 1. The van der Waals surface area contributed by atoms with Gasteiger partial charge in [-0.2, -0.15) is 0 Å². The van der Waals surface area contributed by atoms with Crippen LogP contribution in [0, 0.1) is 17.2 Å². The van der Waals surface area contributed by atoms with E-state index >= 15 is 0 Å². The summed E-state index contributed by atoms with van der Waals surface area (Å²) < 4.78 is 0. The molecular weight excluding hydrogens is 374 g/mol. The van der Waals surface area contributed by atoms with Crippen LogP contribution in [-0.4, -0.2) is 33.7 Å². The summed E-state index contributed by atoms with van der Waals surface area (Å²) in [7, 11) is 0. The molecule has 9 nitrogen and oxygen atoms in total. The van der Waals surface area contributed by atoms with Crippen molar-refractivity contribution in [3.63, 3.8) is 0 Å². The van der Waals surface area contributed by atoms with Crippen LogP contribution < -0.4 is 16.4 Å². The zero-order valence-corrected chi connectivity index (χ0v) is 15.5. The molecule has 6 N–H and O–H groups in total. The van der Waals surface area contributed by atoms with E-state index in [1.54, 1.807) is 30.3 Å². The molecule has 0 radical (unpaired) electrons. The number of pyridine rings is 1. The van der Waals surface area contributed by atoms with E-state index in [1.165, 1.54) is 12.4 Å². The van der Waals surface area contributed by atoms with Gasteiger partial charge in [0.2, 0.25) is 11.8 Å². The molecule has 2 aromatic rings. The first kappa shape index (κ1) is 20.0. The Morgan fingerprint density at radius 2 is 1.76 bits per heavy atom. The number of amides is 2. The number of nitrogens with one attached hydrogen (secondary N) is 3. The Kier molecular flexibility index (Phi) is 5.87. The summed E-state index contributed by atoms with van der Waals surface area (Å²) in [4.78, 5) is 39.6. The lowest BCUT2D eigenvalue weighted by Crippen LogP contribution is -2.21. The number of carbonyl (C=O) groups excluding carboxylic acids is 2. The van der Waals surface area contributed by atoms with Crippen LogP contribution in [0.2, 0.25) is 0 Å². The fraction of sp³-hybridized carbons (Fsp3) is 0.250.